The van der Waals surface area contributed by atoms with Crippen LogP contribution in [-0.2, 0) is 11.2 Å². The van der Waals surface area contributed by atoms with Gasteiger partial charge in [-0.1, -0.05) is 6.07 Å². The summed E-state index contributed by atoms with van der Waals surface area (Å²) in [6.07, 6.45) is 5.66. The Morgan fingerprint density at radius 2 is 2.18 bits per heavy atom. The molecule has 0 N–H and O–H groups in total. The number of aromatic nitrogens is 2. The number of pyridine rings is 1. The molecule has 7 heteroatoms. The maximum Gasteiger partial charge on any atom is 0.254 e. The lowest BCUT2D eigenvalue weighted by Gasteiger charge is -2.25. The van der Waals surface area contributed by atoms with Gasteiger partial charge in [0.05, 0.1) is 27.8 Å². The Balaban J connectivity index is 1.31. The number of likely N-dealkylation sites (tertiary alicyclic amines) is 2. The van der Waals surface area contributed by atoms with Gasteiger partial charge in [0.25, 0.3) is 5.91 Å². The van der Waals surface area contributed by atoms with E-state index < -0.39 is 0 Å². The largest absolute Gasteiger partial charge is 0.337 e. The van der Waals surface area contributed by atoms with E-state index in [-0.39, 0.29) is 23.9 Å². The molecule has 0 spiro atoms. The summed E-state index contributed by atoms with van der Waals surface area (Å²) in [6, 6.07) is 9.71. The minimum atomic E-state index is -0.0222. The fraction of sp³-hybridized carbons (Fsp3) is 0.333. The van der Waals surface area contributed by atoms with Gasteiger partial charge in [-0.15, -0.1) is 11.3 Å². The lowest BCUT2D eigenvalue weighted by molar-refractivity contribution is -0.129. The Kier molecular flexibility index (Phi) is 4.31. The van der Waals surface area contributed by atoms with Gasteiger partial charge in [-0.3, -0.25) is 14.6 Å². The number of fused-ring (bicyclic) bond motifs is 2. The van der Waals surface area contributed by atoms with Crippen molar-refractivity contribution >= 4 is 33.4 Å². The van der Waals surface area contributed by atoms with Crippen molar-refractivity contribution in [3.63, 3.8) is 0 Å². The third-order valence-electron chi connectivity index (χ3n) is 5.82. The number of carbonyl (C=O) groups excluding carboxylic acids is 2. The molecule has 2 saturated heterocycles. The van der Waals surface area contributed by atoms with Crippen molar-refractivity contribution in [2.24, 2.45) is 0 Å². The second kappa shape index (κ2) is 6.98. The van der Waals surface area contributed by atoms with E-state index in [2.05, 4.69) is 9.97 Å². The van der Waals surface area contributed by atoms with Crippen molar-refractivity contribution in [2.75, 3.05) is 13.1 Å². The Morgan fingerprint density at radius 1 is 1.25 bits per heavy atom. The molecule has 2 atom stereocenters. The highest BCUT2D eigenvalue weighted by Crippen LogP contribution is 2.34. The minimum absolute atomic E-state index is 0.0182. The van der Waals surface area contributed by atoms with Gasteiger partial charge in [0.2, 0.25) is 5.91 Å². The van der Waals surface area contributed by atoms with Crippen molar-refractivity contribution in [1.82, 2.24) is 19.8 Å². The van der Waals surface area contributed by atoms with Crippen molar-refractivity contribution in [3.8, 4) is 0 Å². The van der Waals surface area contributed by atoms with Crippen molar-refractivity contribution in [2.45, 2.75) is 31.3 Å². The molecule has 0 aliphatic carbocycles. The van der Waals surface area contributed by atoms with E-state index in [4.69, 9.17) is 0 Å². The number of carbonyl (C=O) groups is 2. The summed E-state index contributed by atoms with van der Waals surface area (Å²) < 4.78 is 1.02. The number of benzene rings is 1. The molecule has 0 bridgehead atoms. The molecule has 2 fully saturated rings. The highest BCUT2D eigenvalue weighted by Gasteiger charge is 2.48. The van der Waals surface area contributed by atoms with Crippen LogP contribution in [0, 0.1) is 0 Å². The quantitative estimate of drug-likeness (QED) is 0.685. The van der Waals surface area contributed by atoms with Crippen molar-refractivity contribution < 1.29 is 9.59 Å². The number of nitrogens with zero attached hydrogens (tertiary/aromatic N) is 4. The van der Waals surface area contributed by atoms with Crippen LogP contribution in [-0.4, -0.2) is 56.8 Å². The number of amides is 2. The van der Waals surface area contributed by atoms with Crippen LogP contribution in [0.15, 0.2) is 48.2 Å². The van der Waals surface area contributed by atoms with Crippen LogP contribution in [0.1, 0.15) is 28.8 Å². The lowest BCUT2D eigenvalue weighted by atomic mass is 10.1. The summed E-state index contributed by atoms with van der Waals surface area (Å²) in [5, 5.41) is 0. The van der Waals surface area contributed by atoms with E-state index in [1.54, 1.807) is 11.7 Å². The van der Waals surface area contributed by atoms with Crippen LogP contribution >= 0.6 is 11.3 Å². The molecule has 5 rings (SSSR count). The fourth-order valence-electron chi connectivity index (χ4n) is 4.42. The number of hydrogen-bond donors (Lipinski definition) is 0. The van der Waals surface area contributed by atoms with Gasteiger partial charge >= 0.3 is 0 Å². The Hall–Kier alpha value is -2.80. The van der Waals surface area contributed by atoms with Gasteiger partial charge in [-0.2, -0.15) is 0 Å². The van der Waals surface area contributed by atoms with E-state index in [9.17, 15) is 9.59 Å². The van der Waals surface area contributed by atoms with Gasteiger partial charge in [-0.05, 0) is 42.7 Å². The summed E-state index contributed by atoms with van der Waals surface area (Å²) in [7, 11) is 0. The van der Waals surface area contributed by atoms with Gasteiger partial charge in [0.1, 0.15) is 0 Å². The molecular weight excluding hydrogens is 372 g/mol. The Labute approximate surface area is 166 Å². The molecule has 28 heavy (non-hydrogen) atoms. The standard InChI is InChI=1S/C21H20N4O2S/c26-20-11-18-17(24(20)8-5-14-2-1-7-22-12-14)6-9-25(18)21(27)15-3-4-16-19(10-15)28-13-23-16/h1-4,7,10,12-13,17-18H,5-6,8-9,11H2/t17-,18-/m0/s1. The summed E-state index contributed by atoms with van der Waals surface area (Å²) >= 11 is 1.54. The molecule has 2 amide bonds. The molecule has 2 aromatic heterocycles. The summed E-state index contributed by atoms with van der Waals surface area (Å²) in [6.45, 7) is 1.38. The molecular formula is C21H20N4O2S. The molecule has 2 aliphatic rings. The highest BCUT2D eigenvalue weighted by molar-refractivity contribution is 7.16. The molecule has 2 aliphatic heterocycles. The van der Waals surface area contributed by atoms with E-state index in [1.807, 2.05) is 46.3 Å². The predicted octanol–water partition coefficient (Wildman–Crippen LogP) is 2.75. The minimum Gasteiger partial charge on any atom is -0.337 e. The van der Waals surface area contributed by atoms with Crippen LogP contribution in [0.3, 0.4) is 0 Å². The van der Waals surface area contributed by atoms with Crippen LogP contribution in [0.4, 0.5) is 0 Å². The Morgan fingerprint density at radius 3 is 3.04 bits per heavy atom. The van der Waals surface area contributed by atoms with Crippen LogP contribution < -0.4 is 0 Å². The second-order valence-corrected chi connectivity index (χ2v) is 8.25. The molecule has 1 aromatic carbocycles. The number of rotatable bonds is 4. The molecule has 0 saturated carbocycles. The molecule has 0 unspecified atom stereocenters. The molecule has 3 aromatic rings. The second-order valence-electron chi connectivity index (χ2n) is 7.36. The number of thiazole rings is 1. The summed E-state index contributed by atoms with van der Waals surface area (Å²) in [4.78, 5) is 38.0. The molecule has 0 radical (unpaired) electrons. The van der Waals surface area contributed by atoms with Gasteiger partial charge in [0, 0.05) is 37.5 Å². The first-order chi connectivity index (χ1) is 13.7. The van der Waals surface area contributed by atoms with E-state index >= 15 is 0 Å². The maximum atomic E-state index is 13.1. The fourth-order valence-corrected chi connectivity index (χ4v) is 5.14. The predicted molar refractivity (Wildman–Crippen MR) is 107 cm³/mol. The van der Waals surface area contributed by atoms with E-state index in [0.717, 1.165) is 28.6 Å². The zero-order valence-corrected chi connectivity index (χ0v) is 16.1. The lowest BCUT2D eigenvalue weighted by Crippen LogP contribution is -2.40. The van der Waals surface area contributed by atoms with E-state index in [0.29, 0.717) is 25.1 Å². The van der Waals surface area contributed by atoms with Crippen molar-refractivity contribution in [3.05, 3.63) is 59.4 Å². The van der Waals surface area contributed by atoms with E-state index in [1.165, 1.54) is 11.3 Å². The average molecular weight is 392 g/mol. The van der Waals surface area contributed by atoms with Crippen LogP contribution in [0.5, 0.6) is 0 Å². The smallest absolute Gasteiger partial charge is 0.254 e. The van der Waals surface area contributed by atoms with Gasteiger partial charge < -0.3 is 9.80 Å². The highest BCUT2D eigenvalue weighted by atomic mass is 32.1. The molecule has 142 valence electrons. The maximum absolute atomic E-state index is 13.1. The Bertz CT molecular complexity index is 1040. The van der Waals surface area contributed by atoms with Crippen molar-refractivity contribution in [1.29, 1.82) is 0 Å². The third kappa shape index (κ3) is 2.96. The van der Waals surface area contributed by atoms with Crippen LogP contribution in [0.25, 0.3) is 10.2 Å². The molecule has 6 nitrogen and oxygen atoms in total. The zero-order valence-electron chi connectivity index (χ0n) is 15.3. The first kappa shape index (κ1) is 17.3. The zero-order chi connectivity index (χ0) is 19.1. The van der Waals surface area contributed by atoms with Gasteiger partial charge in [0.15, 0.2) is 0 Å². The van der Waals surface area contributed by atoms with Gasteiger partial charge in [-0.25, -0.2) is 4.98 Å². The normalized spacial score (nSPS) is 21.5. The summed E-state index contributed by atoms with van der Waals surface area (Å²) in [5.74, 6) is 0.166. The first-order valence-electron chi connectivity index (χ1n) is 9.53. The summed E-state index contributed by atoms with van der Waals surface area (Å²) in [5.41, 5.74) is 4.51. The third-order valence-corrected chi connectivity index (χ3v) is 6.61. The monoisotopic (exact) mass is 392 g/mol. The topological polar surface area (TPSA) is 66.4 Å². The number of hydrogen-bond acceptors (Lipinski definition) is 5. The van der Waals surface area contributed by atoms with Crippen LogP contribution in [0.2, 0.25) is 0 Å². The SMILES string of the molecule is O=C1C[C@H]2[C@H](CCN2C(=O)c2ccc3ncsc3c2)N1CCc1cccnc1. The first-order valence-corrected chi connectivity index (χ1v) is 10.4. The average Bonchev–Trinajstić information content (AvgIpc) is 3.41. The molecule has 4 heterocycles.